The molecule has 1 amide bonds. The Morgan fingerprint density at radius 1 is 1.07 bits per heavy atom. The van der Waals surface area contributed by atoms with Crippen LogP contribution in [0.4, 0.5) is 5.69 Å². The molecule has 2 N–H and O–H groups in total. The van der Waals surface area contributed by atoms with E-state index in [-0.39, 0.29) is 24.0 Å². The first kappa shape index (κ1) is 25.9. The molecule has 4 fully saturated rings. The number of hydrogen-bond acceptors (Lipinski definition) is 8. The van der Waals surface area contributed by atoms with E-state index in [1.165, 1.54) is 12.8 Å². The molecule has 4 aromatic heterocycles. The van der Waals surface area contributed by atoms with Gasteiger partial charge in [0.25, 0.3) is 5.91 Å². The lowest BCUT2D eigenvalue weighted by Crippen LogP contribution is -2.48. The minimum atomic E-state index is 0.00916. The molecule has 3 atom stereocenters. The molecule has 11 heteroatoms. The average molecular weight is 590 g/mol. The number of carbonyl (C=O) groups excluding carboxylic acids is 1. The number of fused-ring (bicyclic) bond motifs is 4. The van der Waals surface area contributed by atoms with Crippen LogP contribution < -0.4 is 15.4 Å². The van der Waals surface area contributed by atoms with Crippen LogP contribution >= 0.6 is 0 Å². The number of anilines is 1. The molecule has 2 saturated heterocycles. The summed E-state index contributed by atoms with van der Waals surface area (Å²) in [6.07, 6.45) is 11.7. The van der Waals surface area contributed by atoms with Gasteiger partial charge in [0.1, 0.15) is 23.2 Å². The van der Waals surface area contributed by atoms with Crippen LogP contribution in [-0.4, -0.2) is 78.7 Å². The Balaban J connectivity index is 1.19. The fraction of sp³-hybridized carbons (Fsp3) is 0.424. The number of nitrogens with zero attached hydrogens (tertiary/aromatic N) is 8. The van der Waals surface area contributed by atoms with Crippen LogP contribution in [0.1, 0.15) is 42.1 Å². The molecule has 2 unspecified atom stereocenters. The summed E-state index contributed by atoms with van der Waals surface area (Å²) in [6, 6.07) is 10.5. The lowest BCUT2D eigenvalue weighted by molar-refractivity contribution is 0.0700. The number of ether oxygens (including phenoxy) is 1. The summed E-state index contributed by atoms with van der Waals surface area (Å²) in [5.74, 6) is 2.58. The van der Waals surface area contributed by atoms with Crippen LogP contribution in [0.5, 0.6) is 5.75 Å². The van der Waals surface area contributed by atoms with E-state index in [1.807, 2.05) is 41.7 Å². The van der Waals surface area contributed by atoms with Gasteiger partial charge in [-0.3, -0.25) is 4.79 Å². The second kappa shape index (κ2) is 9.75. The number of amides is 1. The summed E-state index contributed by atoms with van der Waals surface area (Å²) in [7, 11) is 1.68. The SMILES string of the molecule is COc1cc(C(=O)N2CC3CCC2[C@@H]3N)cc2nc(-c3cc4cccnc4n3CC3CC3)n(C3CN(c4cncnc4)C3)c12. The third-order valence-corrected chi connectivity index (χ3v) is 10.3. The predicted molar refractivity (Wildman–Crippen MR) is 167 cm³/mol. The van der Waals surface area contributed by atoms with E-state index in [0.717, 1.165) is 78.3 Å². The summed E-state index contributed by atoms with van der Waals surface area (Å²) in [4.78, 5) is 36.7. The van der Waals surface area contributed by atoms with E-state index in [2.05, 4.69) is 36.1 Å². The molecule has 6 heterocycles. The van der Waals surface area contributed by atoms with Crippen molar-refractivity contribution in [2.75, 3.05) is 31.6 Å². The number of aromatic nitrogens is 6. The van der Waals surface area contributed by atoms with Crippen LogP contribution in [0.25, 0.3) is 33.6 Å². The number of piperidine rings is 1. The molecular formula is C33H35N9O2. The number of imidazole rings is 1. The molecule has 2 bridgehead atoms. The average Bonchev–Trinajstić information content (AvgIpc) is 3.38. The molecule has 224 valence electrons. The zero-order valence-corrected chi connectivity index (χ0v) is 24.7. The Hall–Kier alpha value is -4.51. The van der Waals surface area contributed by atoms with Crippen LogP contribution in [0.3, 0.4) is 0 Å². The van der Waals surface area contributed by atoms with Gasteiger partial charge in [-0.1, -0.05) is 0 Å². The second-order valence-corrected chi connectivity index (χ2v) is 12.9. The van der Waals surface area contributed by atoms with Crippen LogP contribution in [0, 0.1) is 11.8 Å². The van der Waals surface area contributed by atoms with Crippen molar-refractivity contribution in [3.63, 3.8) is 0 Å². The Bertz CT molecular complexity index is 1910. The van der Waals surface area contributed by atoms with Crippen molar-refractivity contribution in [1.82, 2.24) is 34.0 Å². The van der Waals surface area contributed by atoms with Gasteiger partial charge in [0.05, 0.1) is 42.4 Å². The Labute approximate surface area is 254 Å². The number of nitrogens with two attached hydrogens (primary N) is 1. The summed E-state index contributed by atoms with van der Waals surface area (Å²) in [6.45, 7) is 3.20. The molecule has 11 nitrogen and oxygen atoms in total. The summed E-state index contributed by atoms with van der Waals surface area (Å²) in [5, 5.41) is 1.10. The highest BCUT2D eigenvalue weighted by atomic mass is 16.5. The smallest absolute Gasteiger partial charge is 0.254 e. The maximum atomic E-state index is 13.9. The number of likely N-dealkylation sites (tertiary alicyclic amines) is 1. The molecule has 9 rings (SSSR count). The van der Waals surface area contributed by atoms with Gasteiger partial charge in [-0.05, 0) is 67.9 Å². The molecule has 2 saturated carbocycles. The molecule has 2 aliphatic heterocycles. The number of hydrogen-bond donors (Lipinski definition) is 1. The maximum absolute atomic E-state index is 13.9. The summed E-state index contributed by atoms with van der Waals surface area (Å²) >= 11 is 0. The number of pyridine rings is 1. The fourth-order valence-corrected chi connectivity index (χ4v) is 7.76. The zero-order valence-electron chi connectivity index (χ0n) is 24.7. The van der Waals surface area contributed by atoms with Gasteiger partial charge in [0, 0.05) is 55.4 Å². The van der Waals surface area contributed by atoms with Gasteiger partial charge in [0.15, 0.2) is 5.82 Å². The molecule has 44 heavy (non-hydrogen) atoms. The number of methoxy groups -OCH3 is 1. The van der Waals surface area contributed by atoms with Crippen molar-refractivity contribution >= 4 is 33.7 Å². The normalized spacial score (nSPS) is 23.2. The van der Waals surface area contributed by atoms with Gasteiger partial charge in [-0.15, -0.1) is 0 Å². The Morgan fingerprint density at radius 3 is 2.64 bits per heavy atom. The van der Waals surface area contributed by atoms with Gasteiger partial charge >= 0.3 is 0 Å². The Kier molecular flexibility index (Phi) is 5.75. The van der Waals surface area contributed by atoms with Crippen molar-refractivity contribution in [3.05, 3.63) is 60.8 Å². The van der Waals surface area contributed by atoms with E-state index in [1.54, 1.807) is 13.4 Å². The van der Waals surface area contributed by atoms with Crippen molar-refractivity contribution in [3.8, 4) is 17.3 Å². The number of rotatable bonds is 7. The van der Waals surface area contributed by atoms with E-state index in [0.29, 0.717) is 23.1 Å². The quantitative estimate of drug-likeness (QED) is 0.304. The topological polar surface area (TPSA) is 120 Å². The van der Waals surface area contributed by atoms with E-state index < -0.39 is 0 Å². The van der Waals surface area contributed by atoms with Crippen LogP contribution in [-0.2, 0) is 6.54 Å². The molecule has 0 spiro atoms. The van der Waals surface area contributed by atoms with Crippen molar-refractivity contribution in [2.24, 2.45) is 17.6 Å². The molecule has 4 aliphatic rings. The van der Waals surface area contributed by atoms with Crippen molar-refractivity contribution in [2.45, 2.75) is 50.4 Å². The first-order valence-corrected chi connectivity index (χ1v) is 15.7. The van der Waals surface area contributed by atoms with Gasteiger partial charge in [-0.2, -0.15) is 0 Å². The van der Waals surface area contributed by atoms with E-state index in [9.17, 15) is 4.79 Å². The predicted octanol–water partition coefficient (Wildman–Crippen LogP) is 3.88. The van der Waals surface area contributed by atoms with E-state index >= 15 is 0 Å². The highest BCUT2D eigenvalue weighted by molar-refractivity contribution is 6.00. The maximum Gasteiger partial charge on any atom is 0.254 e. The van der Waals surface area contributed by atoms with Crippen molar-refractivity contribution < 1.29 is 9.53 Å². The van der Waals surface area contributed by atoms with E-state index in [4.69, 9.17) is 20.4 Å². The lowest BCUT2D eigenvalue weighted by atomic mass is 10.1. The lowest BCUT2D eigenvalue weighted by Gasteiger charge is -2.42. The minimum absolute atomic E-state index is 0.00916. The zero-order chi connectivity index (χ0) is 29.5. The van der Waals surface area contributed by atoms with Crippen LogP contribution in [0.15, 0.2) is 55.2 Å². The molecule has 5 aromatic rings. The molecule has 1 aromatic carbocycles. The second-order valence-electron chi connectivity index (χ2n) is 12.9. The molecule has 0 radical (unpaired) electrons. The first-order chi connectivity index (χ1) is 21.6. The summed E-state index contributed by atoms with van der Waals surface area (Å²) in [5.41, 5.74) is 11.8. The van der Waals surface area contributed by atoms with Gasteiger partial charge < -0.3 is 29.4 Å². The fourth-order valence-electron chi connectivity index (χ4n) is 7.76. The molecule has 2 aliphatic carbocycles. The summed E-state index contributed by atoms with van der Waals surface area (Å²) < 4.78 is 10.7. The third kappa shape index (κ3) is 3.94. The van der Waals surface area contributed by atoms with Gasteiger partial charge in [0.2, 0.25) is 0 Å². The third-order valence-electron chi connectivity index (χ3n) is 10.3. The monoisotopic (exact) mass is 589 g/mol. The Morgan fingerprint density at radius 2 is 1.91 bits per heavy atom. The largest absolute Gasteiger partial charge is 0.494 e. The standard InChI is InChI=1S/C33H35N9O2/c1-44-28-11-22(33(43)41-15-21-6-7-26(41)29(21)34)9-25-30(28)42(24-16-39(17-24)23-12-35-18-36-13-23)32(38-25)27-10-20-3-2-8-37-31(20)40(27)14-19-4-5-19/h2-3,8-13,18-19,21,24,26,29H,4-7,14-17,34H2,1H3/t21?,26?,29-/m1/s1. The van der Waals surface area contributed by atoms with Gasteiger partial charge in [-0.25, -0.2) is 19.9 Å². The van der Waals surface area contributed by atoms with Crippen molar-refractivity contribution in [1.29, 1.82) is 0 Å². The number of carbonyl (C=O) groups is 1. The minimum Gasteiger partial charge on any atom is -0.494 e. The highest BCUT2D eigenvalue weighted by Gasteiger charge is 2.47. The highest BCUT2D eigenvalue weighted by Crippen LogP contribution is 2.42. The molecular weight excluding hydrogens is 554 g/mol. The first-order valence-electron chi connectivity index (χ1n) is 15.7. The van der Waals surface area contributed by atoms with Crippen LogP contribution in [0.2, 0.25) is 0 Å². The number of benzene rings is 1.